The smallest absolute Gasteiger partial charge is 0.226 e. The van der Waals surface area contributed by atoms with Gasteiger partial charge < -0.3 is 9.64 Å². The molecule has 2 saturated heterocycles. The number of carbonyl (C=O) groups excluding carboxylic acids is 1. The Labute approximate surface area is 129 Å². The van der Waals surface area contributed by atoms with Gasteiger partial charge in [0.05, 0.1) is 30.6 Å². The van der Waals surface area contributed by atoms with Crippen molar-refractivity contribution in [3.05, 3.63) is 35.6 Å². The van der Waals surface area contributed by atoms with Crippen LogP contribution in [0.4, 0.5) is 4.39 Å². The maximum Gasteiger partial charge on any atom is 0.226 e. The van der Waals surface area contributed by atoms with Crippen LogP contribution in [0.5, 0.6) is 0 Å². The van der Waals surface area contributed by atoms with E-state index in [0.717, 1.165) is 5.56 Å². The van der Waals surface area contributed by atoms with Crippen LogP contribution in [0.25, 0.3) is 0 Å². The van der Waals surface area contributed by atoms with Gasteiger partial charge in [-0.05, 0) is 24.1 Å². The highest BCUT2D eigenvalue weighted by molar-refractivity contribution is 7.91. The Morgan fingerprint density at radius 2 is 2.00 bits per heavy atom. The van der Waals surface area contributed by atoms with Gasteiger partial charge in [-0.25, -0.2) is 12.8 Å². The number of ether oxygens (including phenoxy) is 1. The van der Waals surface area contributed by atoms with Crippen LogP contribution >= 0.6 is 0 Å². The summed E-state index contributed by atoms with van der Waals surface area (Å²) in [6.45, 7) is 1.24. The van der Waals surface area contributed by atoms with Gasteiger partial charge in [0.2, 0.25) is 5.91 Å². The van der Waals surface area contributed by atoms with Crippen molar-refractivity contribution < 1.29 is 22.3 Å². The fourth-order valence-electron chi connectivity index (χ4n) is 2.98. The van der Waals surface area contributed by atoms with Crippen LogP contribution < -0.4 is 0 Å². The third-order valence-electron chi connectivity index (χ3n) is 4.20. The molecule has 22 heavy (non-hydrogen) atoms. The SMILES string of the molecule is O=C([C@@H]1CCS(=O)(=O)C1)N1CCO[C@H](c2ccc(F)cc2)C1. The number of carbonyl (C=O) groups is 1. The van der Waals surface area contributed by atoms with Crippen LogP contribution in [0.15, 0.2) is 24.3 Å². The molecule has 120 valence electrons. The first kappa shape index (κ1) is 15.4. The number of hydrogen-bond donors (Lipinski definition) is 0. The van der Waals surface area contributed by atoms with Gasteiger partial charge >= 0.3 is 0 Å². The molecule has 2 aliphatic rings. The Morgan fingerprint density at radius 1 is 1.27 bits per heavy atom. The molecule has 0 aliphatic carbocycles. The summed E-state index contributed by atoms with van der Waals surface area (Å²) in [5.74, 6) is -0.823. The largest absolute Gasteiger partial charge is 0.370 e. The molecule has 2 fully saturated rings. The molecule has 0 radical (unpaired) electrons. The third kappa shape index (κ3) is 3.30. The second-order valence-corrected chi connectivity index (χ2v) is 8.02. The highest BCUT2D eigenvalue weighted by Crippen LogP contribution is 2.26. The summed E-state index contributed by atoms with van der Waals surface area (Å²) in [4.78, 5) is 14.1. The number of benzene rings is 1. The van der Waals surface area contributed by atoms with E-state index in [1.54, 1.807) is 17.0 Å². The van der Waals surface area contributed by atoms with Crippen LogP contribution in [-0.2, 0) is 19.4 Å². The van der Waals surface area contributed by atoms with E-state index in [2.05, 4.69) is 0 Å². The van der Waals surface area contributed by atoms with Crippen molar-refractivity contribution in [3.8, 4) is 0 Å². The first-order chi connectivity index (χ1) is 10.4. The van der Waals surface area contributed by atoms with E-state index in [0.29, 0.717) is 26.1 Å². The number of halogens is 1. The number of hydrogen-bond acceptors (Lipinski definition) is 4. The zero-order valence-corrected chi connectivity index (χ0v) is 12.9. The van der Waals surface area contributed by atoms with Crippen molar-refractivity contribution in [1.29, 1.82) is 0 Å². The van der Waals surface area contributed by atoms with Crippen molar-refractivity contribution in [2.45, 2.75) is 12.5 Å². The van der Waals surface area contributed by atoms with Gasteiger partial charge in [0.15, 0.2) is 9.84 Å². The summed E-state index contributed by atoms with van der Waals surface area (Å²) in [6.07, 6.45) is 0.107. The van der Waals surface area contributed by atoms with E-state index >= 15 is 0 Å². The lowest BCUT2D eigenvalue weighted by Gasteiger charge is -2.34. The lowest BCUT2D eigenvalue weighted by Crippen LogP contribution is -2.45. The summed E-state index contributed by atoms with van der Waals surface area (Å²) in [7, 11) is -3.07. The van der Waals surface area contributed by atoms with Gasteiger partial charge in [-0.1, -0.05) is 12.1 Å². The molecule has 0 aromatic heterocycles. The fourth-order valence-corrected chi connectivity index (χ4v) is 4.71. The average Bonchev–Trinajstić information content (AvgIpc) is 2.87. The van der Waals surface area contributed by atoms with E-state index in [4.69, 9.17) is 4.74 Å². The lowest BCUT2D eigenvalue weighted by atomic mass is 10.0. The quantitative estimate of drug-likeness (QED) is 0.818. The van der Waals surface area contributed by atoms with Crippen molar-refractivity contribution in [1.82, 2.24) is 4.90 Å². The molecule has 5 nitrogen and oxygen atoms in total. The summed E-state index contributed by atoms with van der Waals surface area (Å²) in [5, 5.41) is 0. The molecule has 0 saturated carbocycles. The molecule has 1 aromatic rings. The molecule has 1 aromatic carbocycles. The third-order valence-corrected chi connectivity index (χ3v) is 5.97. The second kappa shape index (κ2) is 5.96. The summed E-state index contributed by atoms with van der Waals surface area (Å²) < 4.78 is 41.7. The molecule has 0 spiro atoms. The summed E-state index contributed by atoms with van der Waals surface area (Å²) in [6, 6.07) is 6.02. The number of sulfone groups is 1. The molecule has 2 atom stereocenters. The molecule has 0 unspecified atom stereocenters. The number of nitrogens with zero attached hydrogens (tertiary/aromatic N) is 1. The Balaban J connectivity index is 1.68. The van der Waals surface area contributed by atoms with E-state index in [1.807, 2.05) is 0 Å². The van der Waals surface area contributed by atoms with E-state index in [1.165, 1.54) is 12.1 Å². The highest BCUT2D eigenvalue weighted by atomic mass is 32.2. The molecule has 7 heteroatoms. The first-order valence-electron chi connectivity index (χ1n) is 7.31. The van der Waals surface area contributed by atoms with E-state index in [-0.39, 0.29) is 29.3 Å². The average molecular weight is 327 g/mol. The number of amides is 1. The van der Waals surface area contributed by atoms with Crippen molar-refractivity contribution in [2.75, 3.05) is 31.2 Å². The van der Waals surface area contributed by atoms with Gasteiger partial charge in [0, 0.05) is 6.54 Å². The topological polar surface area (TPSA) is 63.7 Å². The van der Waals surface area contributed by atoms with Crippen molar-refractivity contribution in [3.63, 3.8) is 0 Å². The molecule has 0 bridgehead atoms. The van der Waals surface area contributed by atoms with Gasteiger partial charge in [-0.3, -0.25) is 4.79 Å². The monoisotopic (exact) mass is 327 g/mol. The Bertz CT molecular complexity index is 659. The maximum absolute atomic E-state index is 13.0. The molecular formula is C15H18FNO4S. The Kier molecular flexibility index (Phi) is 4.18. The summed E-state index contributed by atoms with van der Waals surface area (Å²) in [5.41, 5.74) is 0.818. The zero-order valence-electron chi connectivity index (χ0n) is 12.1. The van der Waals surface area contributed by atoms with Gasteiger partial charge in [-0.2, -0.15) is 0 Å². The molecule has 1 amide bonds. The lowest BCUT2D eigenvalue weighted by molar-refractivity contribution is -0.142. The summed E-state index contributed by atoms with van der Waals surface area (Å²) >= 11 is 0. The zero-order chi connectivity index (χ0) is 15.7. The molecule has 2 heterocycles. The predicted octanol–water partition coefficient (Wildman–Crippen LogP) is 1.16. The Morgan fingerprint density at radius 3 is 2.64 bits per heavy atom. The first-order valence-corrected chi connectivity index (χ1v) is 9.13. The molecule has 2 aliphatic heterocycles. The van der Waals surface area contributed by atoms with Crippen LogP contribution in [0.1, 0.15) is 18.1 Å². The standard InChI is InChI=1S/C15H18FNO4S/c16-13-3-1-11(2-4-13)14-9-17(6-7-21-14)15(18)12-5-8-22(19,20)10-12/h1-4,12,14H,5-10H2/t12-,14+/m1/s1. The van der Waals surface area contributed by atoms with Crippen LogP contribution in [0.2, 0.25) is 0 Å². The minimum absolute atomic E-state index is 0.0512. The minimum Gasteiger partial charge on any atom is -0.370 e. The number of rotatable bonds is 2. The van der Waals surface area contributed by atoms with Gasteiger partial charge in [0.1, 0.15) is 11.9 Å². The van der Waals surface area contributed by atoms with Crippen LogP contribution in [0.3, 0.4) is 0 Å². The van der Waals surface area contributed by atoms with Crippen molar-refractivity contribution in [2.24, 2.45) is 5.92 Å². The van der Waals surface area contributed by atoms with Gasteiger partial charge in [0.25, 0.3) is 0 Å². The van der Waals surface area contributed by atoms with Crippen LogP contribution in [-0.4, -0.2) is 50.4 Å². The Hall–Kier alpha value is -1.47. The predicted molar refractivity (Wildman–Crippen MR) is 78.4 cm³/mol. The molecular weight excluding hydrogens is 309 g/mol. The second-order valence-electron chi connectivity index (χ2n) is 5.80. The normalized spacial score (nSPS) is 27.8. The molecule has 3 rings (SSSR count). The minimum atomic E-state index is -3.07. The fraction of sp³-hybridized carbons (Fsp3) is 0.533. The van der Waals surface area contributed by atoms with E-state index < -0.39 is 15.8 Å². The highest BCUT2D eigenvalue weighted by Gasteiger charge is 2.37. The van der Waals surface area contributed by atoms with Crippen LogP contribution in [0, 0.1) is 11.7 Å². The van der Waals surface area contributed by atoms with Crippen molar-refractivity contribution >= 4 is 15.7 Å². The number of morpholine rings is 1. The van der Waals surface area contributed by atoms with Gasteiger partial charge in [-0.15, -0.1) is 0 Å². The maximum atomic E-state index is 13.0. The van der Waals surface area contributed by atoms with E-state index in [9.17, 15) is 17.6 Å². The molecule has 0 N–H and O–H groups in total.